The first-order valence-electron chi connectivity index (χ1n) is 6.91. The Labute approximate surface area is 123 Å². The van der Waals surface area contributed by atoms with E-state index in [9.17, 15) is 20.1 Å². The van der Waals surface area contributed by atoms with Crippen LogP contribution in [0, 0.1) is 5.92 Å². The Kier molecular flexibility index (Phi) is 6.77. The quantitative estimate of drug-likeness (QED) is 0.439. The zero-order valence-corrected chi connectivity index (χ0v) is 12.0. The Bertz CT molecular complexity index is 465. The summed E-state index contributed by atoms with van der Waals surface area (Å²) in [7, 11) is 0. The van der Waals surface area contributed by atoms with Crippen LogP contribution in [-0.2, 0) is 6.42 Å². The lowest BCUT2D eigenvalue weighted by Crippen LogP contribution is -2.40. The highest BCUT2D eigenvalue weighted by molar-refractivity contribution is 5.94. The van der Waals surface area contributed by atoms with Crippen LogP contribution in [-0.4, -0.2) is 51.3 Å². The van der Waals surface area contributed by atoms with Crippen LogP contribution in [0.1, 0.15) is 29.3 Å². The molecule has 0 aliphatic carbocycles. The number of carbonyl (C=O) groups excluding carboxylic acids is 1. The van der Waals surface area contributed by atoms with Crippen molar-refractivity contribution in [3.8, 4) is 0 Å². The highest BCUT2D eigenvalue weighted by atomic mass is 16.3. The van der Waals surface area contributed by atoms with E-state index in [-0.39, 0.29) is 6.42 Å². The minimum absolute atomic E-state index is 0.216. The van der Waals surface area contributed by atoms with Gasteiger partial charge in [0.1, 0.15) is 0 Å². The molecule has 21 heavy (non-hydrogen) atoms. The molecular formula is C15H23NO5. The maximum Gasteiger partial charge on any atom is 0.248 e. The molecule has 0 aromatic heterocycles. The van der Waals surface area contributed by atoms with Crippen molar-refractivity contribution in [3.63, 3.8) is 0 Å². The van der Waals surface area contributed by atoms with E-state index in [4.69, 9.17) is 10.8 Å². The van der Waals surface area contributed by atoms with Gasteiger partial charge in [0.25, 0.3) is 0 Å². The molecule has 0 bridgehead atoms. The molecule has 1 aromatic carbocycles. The fourth-order valence-electron chi connectivity index (χ4n) is 2.20. The van der Waals surface area contributed by atoms with Crippen LogP contribution in [0.4, 0.5) is 0 Å². The molecule has 0 saturated heterocycles. The van der Waals surface area contributed by atoms with Gasteiger partial charge in [-0.25, -0.2) is 0 Å². The Morgan fingerprint density at radius 3 is 2.38 bits per heavy atom. The average molecular weight is 297 g/mol. The molecule has 6 N–H and O–H groups in total. The van der Waals surface area contributed by atoms with Gasteiger partial charge >= 0.3 is 0 Å². The first-order chi connectivity index (χ1) is 9.88. The van der Waals surface area contributed by atoms with Gasteiger partial charge in [0.15, 0.2) is 0 Å². The first kappa shape index (κ1) is 17.6. The molecule has 0 heterocycles. The summed E-state index contributed by atoms with van der Waals surface area (Å²) in [4.78, 5) is 11.3. The lowest BCUT2D eigenvalue weighted by atomic mass is 9.91. The molecule has 4 atom stereocenters. The van der Waals surface area contributed by atoms with Crippen molar-refractivity contribution in [1.82, 2.24) is 0 Å². The summed E-state index contributed by atoms with van der Waals surface area (Å²) in [5.41, 5.74) is 6.37. The average Bonchev–Trinajstić information content (AvgIpc) is 2.50. The van der Waals surface area contributed by atoms with Crippen molar-refractivity contribution >= 4 is 5.91 Å². The summed E-state index contributed by atoms with van der Waals surface area (Å²) in [6, 6.07) is 6.82. The van der Waals surface area contributed by atoms with Gasteiger partial charge in [-0.2, -0.15) is 0 Å². The first-order valence-corrected chi connectivity index (χ1v) is 6.91. The number of carbonyl (C=O) groups is 1. The van der Waals surface area contributed by atoms with Crippen molar-refractivity contribution in [2.24, 2.45) is 11.7 Å². The van der Waals surface area contributed by atoms with E-state index < -0.39 is 36.7 Å². The highest BCUT2D eigenvalue weighted by Gasteiger charge is 2.27. The molecule has 6 heteroatoms. The van der Waals surface area contributed by atoms with E-state index in [0.717, 1.165) is 0 Å². The third-order valence-electron chi connectivity index (χ3n) is 3.72. The Hall–Kier alpha value is -1.47. The normalized spacial score (nSPS) is 17.0. The van der Waals surface area contributed by atoms with Gasteiger partial charge in [0, 0.05) is 11.5 Å². The molecule has 0 spiro atoms. The number of rotatable bonds is 8. The Morgan fingerprint density at radius 2 is 1.81 bits per heavy atom. The topological polar surface area (TPSA) is 124 Å². The third-order valence-corrected chi connectivity index (χ3v) is 3.72. The molecule has 0 radical (unpaired) electrons. The van der Waals surface area contributed by atoms with Crippen molar-refractivity contribution in [2.75, 3.05) is 6.61 Å². The van der Waals surface area contributed by atoms with E-state index in [1.807, 2.05) is 0 Å². The van der Waals surface area contributed by atoms with Gasteiger partial charge in [0.05, 0.1) is 24.9 Å². The summed E-state index contributed by atoms with van der Waals surface area (Å²) >= 11 is 0. The van der Waals surface area contributed by atoms with E-state index >= 15 is 0 Å². The van der Waals surface area contributed by atoms with Crippen molar-refractivity contribution in [1.29, 1.82) is 0 Å². The van der Waals surface area contributed by atoms with Crippen LogP contribution in [0.5, 0.6) is 0 Å². The van der Waals surface area contributed by atoms with Crippen LogP contribution >= 0.6 is 0 Å². The predicted molar refractivity (Wildman–Crippen MR) is 77.6 cm³/mol. The van der Waals surface area contributed by atoms with E-state index in [0.29, 0.717) is 17.5 Å². The molecule has 1 amide bonds. The highest BCUT2D eigenvalue weighted by Crippen LogP contribution is 2.17. The smallest absolute Gasteiger partial charge is 0.248 e. The summed E-state index contributed by atoms with van der Waals surface area (Å²) in [6.07, 6.45) is -2.73. The molecule has 0 aliphatic rings. The second-order valence-corrected chi connectivity index (χ2v) is 5.23. The minimum atomic E-state index is -1.16. The van der Waals surface area contributed by atoms with Crippen LogP contribution < -0.4 is 5.73 Å². The monoisotopic (exact) mass is 297 g/mol. The SMILES string of the molecule is CC(C(O)CO)C(O)C(O)CCc1ccccc1C(N)=O. The molecule has 118 valence electrons. The number of nitrogens with two attached hydrogens (primary N) is 1. The number of aryl methyl sites for hydroxylation is 1. The van der Waals surface area contributed by atoms with Gasteiger partial charge in [-0.05, 0) is 24.5 Å². The van der Waals surface area contributed by atoms with Gasteiger partial charge < -0.3 is 26.2 Å². The summed E-state index contributed by atoms with van der Waals surface area (Å²) in [5.74, 6) is -1.19. The molecule has 0 aliphatic heterocycles. The molecule has 1 rings (SSSR count). The molecular weight excluding hydrogens is 274 g/mol. The van der Waals surface area contributed by atoms with E-state index in [1.165, 1.54) is 0 Å². The zero-order valence-electron chi connectivity index (χ0n) is 12.0. The number of aliphatic hydroxyl groups is 4. The maximum absolute atomic E-state index is 11.3. The second-order valence-electron chi connectivity index (χ2n) is 5.23. The van der Waals surface area contributed by atoms with Crippen LogP contribution in [0.3, 0.4) is 0 Å². The fourth-order valence-corrected chi connectivity index (χ4v) is 2.20. The number of benzene rings is 1. The Balaban J connectivity index is 2.65. The number of primary amides is 1. The van der Waals surface area contributed by atoms with Gasteiger partial charge in [-0.3, -0.25) is 4.79 Å². The van der Waals surface area contributed by atoms with Crippen LogP contribution in [0.2, 0.25) is 0 Å². The van der Waals surface area contributed by atoms with Crippen molar-refractivity contribution in [3.05, 3.63) is 35.4 Å². The number of hydrogen-bond acceptors (Lipinski definition) is 5. The maximum atomic E-state index is 11.3. The van der Waals surface area contributed by atoms with E-state index in [1.54, 1.807) is 31.2 Å². The van der Waals surface area contributed by atoms with Gasteiger partial charge in [-0.1, -0.05) is 25.1 Å². The van der Waals surface area contributed by atoms with Crippen molar-refractivity contribution in [2.45, 2.75) is 38.1 Å². The van der Waals surface area contributed by atoms with Gasteiger partial charge in [0.2, 0.25) is 5.91 Å². The zero-order chi connectivity index (χ0) is 16.0. The minimum Gasteiger partial charge on any atom is -0.394 e. The molecule has 0 saturated carbocycles. The molecule has 0 fully saturated rings. The second kappa shape index (κ2) is 8.09. The summed E-state index contributed by atoms with van der Waals surface area (Å²) in [5, 5.41) is 38.2. The number of hydrogen-bond donors (Lipinski definition) is 5. The standard InChI is InChI=1S/C15H23NO5/c1-9(13(19)8-17)14(20)12(18)7-6-10-4-2-3-5-11(10)15(16)21/h2-5,9,12-14,17-20H,6-8H2,1H3,(H2,16,21). The molecule has 4 unspecified atom stereocenters. The lowest BCUT2D eigenvalue weighted by molar-refractivity contribution is -0.0654. The third kappa shape index (κ3) is 4.78. The number of amides is 1. The Morgan fingerprint density at radius 1 is 1.19 bits per heavy atom. The van der Waals surface area contributed by atoms with Crippen LogP contribution in [0.15, 0.2) is 24.3 Å². The summed E-state index contributed by atoms with van der Waals surface area (Å²) < 4.78 is 0. The fraction of sp³-hybridized carbons (Fsp3) is 0.533. The lowest BCUT2D eigenvalue weighted by Gasteiger charge is -2.26. The largest absolute Gasteiger partial charge is 0.394 e. The van der Waals surface area contributed by atoms with E-state index in [2.05, 4.69) is 0 Å². The van der Waals surface area contributed by atoms with Crippen LogP contribution in [0.25, 0.3) is 0 Å². The predicted octanol–water partition coefficient (Wildman–Crippen LogP) is -0.571. The molecule has 6 nitrogen and oxygen atoms in total. The van der Waals surface area contributed by atoms with Gasteiger partial charge in [-0.15, -0.1) is 0 Å². The summed E-state index contributed by atoms with van der Waals surface area (Å²) in [6.45, 7) is 1.07. The molecule has 1 aromatic rings. The van der Waals surface area contributed by atoms with Crippen molar-refractivity contribution < 1.29 is 25.2 Å². The number of aliphatic hydroxyl groups excluding tert-OH is 4.